The monoisotopic (exact) mass is 443 g/mol. The number of esters is 1. The highest BCUT2D eigenvalue weighted by Gasteiger charge is 2.28. The van der Waals surface area contributed by atoms with Gasteiger partial charge in [-0.05, 0) is 25.1 Å². The van der Waals surface area contributed by atoms with Gasteiger partial charge in [0.2, 0.25) is 10.0 Å². The highest BCUT2D eigenvalue weighted by atomic mass is 32.2. The summed E-state index contributed by atoms with van der Waals surface area (Å²) in [5.41, 5.74) is -0.441. The Balaban J connectivity index is 1.81. The lowest BCUT2D eigenvalue weighted by Crippen LogP contribution is -2.40. The first-order chi connectivity index (χ1) is 13.8. The largest absolute Gasteiger partial charge is 0.461 e. The van der Waals surface area contributed by atoms with Crippen LogP contribution in [0.4, 0.5) is 9.52 Å². The van der Waals surface area contributed by atoms with E-state index in [-0.39, 0.29) is 48.6 Å². The lowest BCUT2D eigenvalue weighted by Gasteiger charge is -2.26. The van der Waals surface area contributed by atoms with Crippen LogP contribution in [0.1, 0.15) is 27.8 Å². The number of benzene rings is 1. The molecule has 0 bridgehead atoms. The molecule has 1 fully saturated rings. The van der Waals surface area contributed by atoms with Crippen molar-refractivity contribution in [3.8, 4) is 0 Å². The van der Waals surface area contributed by atoms with Gasteiger partial charge in [-0.1, -0.05) is 0 Å². The Labute approximate surface area is 170 Å². The number of halogens is 1. The van der Waals surface area contributed by atoms with E-state index in [4.69, 9.17) is 9.47 Å². The number of rotatable bonds is 6. The third-order valence-corrected chi connectivity index (χ3v) is 6.65. The molecule has 12 heteroatoms. The number of morpholine rings is 1. The number of sulfonamides is 1. The van der Waals surface area contributed by atoms with E-state index in [0.717, 1.165) is 29.5 Å². The van der Waals surface area contributed by atoms with Gasteiger partial charge in [-0.15, -0.1) is 11.3 Å². The van der Waals surface area contributed by atoms with Crippen molar-refractivity contribution in [2.45, 2.75) is 11.8 Å². The van der Waals surface area contributed by atoms with Crippen molar-refractivity contribution in [3.05, 3.63) is 40.7 Å². The number of thiazole rings is 1. The van der Waals surface area contributed by atoms with Crippen LogP contribution in [0.25, 0.3) is 0 Å². The highest BCUT2D eigenvalue weighted by Crippen LogP contribution is 2.22. The molecule has 1 aliphatic heterocycles. The average molecular weight is 443 g/mol. The second-order valence-electron chi connectivity index (χ2n) is 5.87. The first-order valence-electron chi connectivity index (χ1n) is 8.64. The number of aromatic nitrogens is 1. The number of anilines is 1. The smallest absolute Gasteiger partial charge is 0.357 e. The van der Waals surface area contributed by atoms with Crippen LogP contribution < -0.4 is 5.32 Å². The van der Waals surface area contributed by atoms with Gasteiger partial charge in [0.1, 0.15) is 5.82 Å². The van der Waals surface area contributed by atoms with Crippen LogP contribution in [0.2, 0.25) is 0 Å². The number of carbonyl (C=O) groups excluding carboxylic acids is 2. The van der Waals surface area contributed by atoms with E-state index in [0.29, 0.717) is 0 Å². The molecule has 0 unspecified atom stereocenters. The predicted octanol–water partition coefficient (Wildman–Crippen LogP) is 1.73. The maximum absolute atomic E-state index is 14.2. The number of nitrogens with one attached hydrogen (secondary N) is 1. The number of nitrogens with zero attached hydrogens (tertiary/aromatic N) is 2. The third-order valence-electron chi connectivity index (χ3n) is 4.00. The molecule has 0 saturated carbocycles. The van der Waals surface area contributed by atoms with E-state index >= 15 is 0 Å². The number of carbonyl (C=O) groups is 2. The van der Waals surface area contributed by atoms with E-state index in [1.54, 1.807) is 6.92 Å². The van der Waals surface area contributed by atoms with Crippen molar-refractivity contribution in [1.82, 2.24) is 9.29 Å². The Morgan fingerprint density at radius 2 is 2.07 bits per heavy atom. The number of ether oxygens (including phenoxy) is 2. The lowest BCUT2D eigenvalue weighted by molar-refractivity contribution is 0.0520. The normalized spacial score (nSPS) is 15.1. The summed E-state index contributed by atoms with van der Waals surface area (Å²) in [6.45, 7) is 2.70. The van der Waals surface area contributed by atoms with Gasteiger partial charge >= 0.3 is 5.97 Å². The van der Waals surface area contributed by atoms with Gasteiger partial charge in [0.15, 0.2) is 10.8 Å². The third kappa shape index (κ3) is 4.78. The zero-order chi connectivity index (χ0) is 21.0. The SMILES string of the molecule is CCOC(=O)c1csc(NC(=O)c2cc(S(=O)(=O)N3CCOCC3)ccc2F)n1. The summed E-state index contributed by atoms with van der Waals surface area (Å²) in [6, 6.07) is 3.02. The fraction of sp³-hybridized carbons (Fsp3) is 0.353. The maximum atomic E-state index is 14.2. The molecule has 1 saturated heterocycles. The van der Waals surface area contributed by atoms with E-state index in [1.165, 1.54) is 9.69 Å². The molecule has 1 aromatic carbocycles. The molecule has 0 radical (unpaired) electrons. The fourth-order valence-corrected chi connectivity index (χ4v) is 4.68. The van der Waals surface area contributed by atoms with Crippen molar-refractivity contribution >= 4 is 38.4 Å². The quantitative estimate of drug-likeness (QED) is 0.676. The van der Waals surface area contributed by atoms with Crippen molar-refractivity contribution < 1.29 is 31.9 Å². The van der Waals surface area contributed by atoms with E-state index in [2.05, 4.69) is 10.3 Å². The van der Waals surface area contributed by atoms with Gasteiger partial charge in [0.05, 0.1) is 30.3 Å². The van der Waals surface area contributed by atoms with Crippen LogP contribution in [0.3, 0.4) is 0 Å². The molecule has 0 spiro atoms. The Morgan fingerprint density at radius 1 is 1.34 bits per heavy atom. The van der Waals surface area contributed by atoms with Gasteiger partial charge in [0.25, 0.3) is 5.91 Å². The highest BCUT2D eigenvalue weighted by molar-refractivity contribution is 7.89. The molecule has 2 aromatic rings. The van der Waals surface area contributed by atoms with E-state index in [9.17, 15) is 22.4 Å². The molecule has 0 atom stereocenters. The van der Waals surface area contributed by atoms with Crippen molar-refractivity contribution in [2.24, 2.45) is 0 Å². The van der Waals surface area contributed by atoms with Crippen LogP contribution in [-0.4, -0.2) is 62.5 Å². The molecule has 1 aliphatic rings. The van der Waals surface area contributed by atoms with Crippen LogP contribution in [0.5, 0.6) is 0 Å². The lowest BCUT2D eigenvalue weighted by atomic mass is 10.2. The van der Waals surface area contributed by atoms with Crippen molar-refractivity contribution in [1.29, 1.82) is 0 Å². The Hall–Kier alpha value is -2.41. The van der Waals surface area contributed by atoms with Crippen LogP contribution in [0.15, 0.2) is 28.5 Å². The summed E-state index contributed by atoms with van der Waals surface area (Å²) in [5.74, 6) is -2.41. The number of amides is 1. The fourth-order valence-electron chi connectivity index (χ4n) is 2.57. The Morgan fingerprint density at radius 3 is 2.76 bits per heavy atom. The zero-order valence-electron chi connectivity index (χ0n) is 15.4. The van der Waals surface area contributed by atoms with Crippen molar-refractivity contribution in [2.75, 3.05) is 38.2 Å². The molecule has 0 aliphatic carbocycles. The molecular formula is C17H18FN3O6S2. The van der Waals surface area contributed by atoms with E-state index < -0.39 is 33.3 Å². The molecule has 2 heterocycles. The molecular weight excluding hydrogens is 425 g/mol. The van der Waals surface area contributed by atoms with Crippen molar-refractivity contribution in [3.63, 3.8) is 0 Å². The second kappa shape index (κ2) is 8.95. The standard InChI is InChI=1S/C17H18FN3O6S2/c1-2-27-16(23)14-10-28-17(19-14)20-15(22)12-9-11(3-4-13(12)18)29(24,25)21-5-7-26-8-6-21/h3-4,9-10H,2,5-8H2,1H3,(H,19,20,22). The summed E-state index contributed by atoms with van der Waals surface area (Å²) in [6.07, 6.45) is 0. The summed E-state index contributed by atoms with van der Waals surface area (Å²) >= 11 is 0.958. The minimum Gasteiger partial charge on any atom is -0.461 e. The molecule has 29 heavy (non-hydrogen) atoms. The average Bonchev–Trinajstić information content (AvgIpc) is 3.17. The first-order valence-corrected chi connectivity index (χ1v) is 11.0. The topological polar surface area (TPSA) is 115 Å². The summed E-state index contributed by atoms with van der Waals surface area (Å²) in [7, 11) is -3.89. The Bertz CT molecular complexity index is 1020. The molecule has 1 amide bonds. The van der Waals surface area contributed by atoms with Crippen LogP contribution in [-0.2, 0) is 19.5 Å². The van der Waals surface area contributed by atoms with Gasteiger partial charge in [-0.3, -0.25) is 10.1 Å². The minimum atomic E-state index is -3.89. The molecule has 3 rings (SSSR count). The molecule has 156 valence electrons. The Kier molecular flexibility index (Phi) is 6.57. The van der Waals surface area contributed by atoms with Crippen LogP contribution in [0, 0.1) is 5.82 Å². The first kappa shape index (κ1) is 21.3. The van der Waals surface area contributed by atoms with Crippen LogP contribution >= 0.6 is 11.3 Å². The molecule has 9 nitrogen and oxygen atoms in total. The van der Waals surface area contributed by atoms with Gasteiger partial charge < -0.3 is 9.47 Å². The van der Waals surface area contributed by atoms with E-state index in [1.807, 2.05) is 0 Å². The summed E-state index contributed by atoms with van der Waals surface area (Å²) < 4.78 is 50.8. The minimum absolute atomic E-state index is 0.0104. The van der Waals surface area contributed by atoms with Gasteiger partial charge in [-0.2, -0.15) is 4.31 Å². The van der Waals surface area contributed by atoms with Gasteiger partial charge in [-0.25, -0.2) is 22.6 Å². The predicted molar refractivity (Wildman–Crippen MR) is 102 cm³/mol. The number of hydrogen-bond donors (Lipinski definition) is 1. The summed E-state index contributed by atoms with van der Waals surface area (Å²) in [4.78, 5) is 27.8. The second-order valence-corrected chi connectivity index (χ2v) is 8.67. The zero-order valence-corrected chi connectivity index (χ0v) is 17.0. The number of hydrogen-bond acceptors (Lipinski definition) is 8. The molecule has 1 N–H and O–H groups in total. The molecule has 1 aromatic heterocycles. The summed E-state index contributed by atoms with van der Waals surface area (Å²) in [5, 5.41) is 3.81. The van der Waals surface area contributed by atoms with Gasteiger partial charge in [0, 0.05) is 18.5 Å². The maximum Gasteiger partial charge on any atom is 0.357 e.